The van der Waals surface area contributed by atoms with Crippen LogP contribution in [-0.4, -0.2) is 28.4 Å². The van der Waals surface area contributed by atoms with Crippen molar-refractivity contribution in [2.45, 2.75) is 26.3 Å². The molecule has 1 saturated heterocycles. The molecule has 1 aliphatic heterocycles. The molecule has 1 fully saturated rings. The summed E-state index contributed by atoms with van der Waals surface area (Å²) in [7, 11) is 0. The highest BCUT2D eigenvalue weighted by Gasteiger charge is 2.48. The van der Waals surface area contributed by atoms with Gasteiger partial charge in [0.05, 0.1) is 18.2 Å². The minimum atomic E-state index is -0.908. The van der Waals surface area contributed by atoms with Crippen molar-refractivity contribution in [1.29, 1.82) is 0 Å². The van der Waals surface area contributed by atoms with E-state index in [0.29, 0.717) is 29.0 Å². The van der Waals surface area contributed by atoms with Crippen molar-refractivity contribution in [1.82, 2.24) is 4.98 Å². The second kappa shape index (κ2) is 9.54. The third kappa shape index (κ3) is 4.66. The van der Waals surface area contributed by atoms with Crippen LogP contribution in [-0.2, 0) is 9.59 Å². The fourth-order valence-corrected chi connectivity index (χ4v) is 4.30. The summed E-state index contributed by atoms with van der Waals surface area (Å²) in [6, 6.07) is 11.3. The molecule has 3 aromatic rings. The third-order valence-electron chi connectivity index (χ3n) is 5.33. The highest BCUT2D eigenvalue weighted by molar-refractivity contribution is 7.14. The molecule has 0 saturated carbocycles. The number of carbonyl (C=O) groups is 2. The van der Waals surface area contributed by atoms with Gasteiger partial charge >= 0.3 is 5.91 Å². The van der Waals surface area contributed by atoms with Crippen molar-refractivity contribution in [2.75, 3.05) is 11.5 Å². The maximum absolute atomic E-state index is 13.4. The van der Waals surface area contributed by atoms with Crippen molar-refractivity contribution in [3.8, 4) is 5.75 Å². The van der Waals surface area contributed by atoms with E-state index < -0.39 is 23.5 Å². The summed E-state index contributed by atoms with van der Waals surface area (Å²) in [5.41, 5.74) is 0.749. The lowest BCUT2D eigenvalue weighted by Crippen LogP contribution is -2.29. The van der Waals surface area contributed by atoms with Gasteiger partial charge in [0.1, 0.15) is 17.3 Å². The number of amides is 1. The van der Waals surface area contributed by atoms with Crippen molar-refractivity contribution >= 4 is 33.9 Å². The first-order valence-corrected chi connectivity index (χ1v) is 11.4. The van der Waals surface area contributed by atoms with Gasteiger partial charge in [-0.15, -0.1) is 11.3 Å². The molecule has 6 nitrogen and oxygen atoms in total. The minimum Gasteiger partial charge on any atom is -0.507 e. The molecule has 1 unspecified atom stereocenters. The van der Waals surface area contributed by atoms with Crippen molar-refractivity contribution in [3.63, 3.8) is 0 Å². The number of aromatic nitrogens is 1. The number of aliphatic hydroxyl groups is 1. The topological polar surface area (TPSA) is 79.7 Å². The second-order valence-electron chi connectivity index (χ2n) is 8.09. The number of thiazole rings is 1. The van der Waals surface area contributed by atoms with Gasteiger partial charge in [0.2, 0.25) is 0 Å². The largest absolute Gasteiger partial charge is 0.507 e. The van der Waals surface area contributed by atoms with E-state index in [1.54, 1.807) is 35.8 Å². The lowest BCUT2D eigenvalue weighted by Gasteiger charge is -2.23. The van der Waals surface area contributed by atoms with E-state index in [2.05, 4.69) is 18.8 Å². The van der Waals surface area contributed by atoms with Gasteiger partial charge in [0, 0.05) is 17.1 Å². The zero-order valence-electron chi connectivity index (χ0n) is 18.2. The number of nitrogens with zero attached hydrogens (tertiary/aromatic N) is 2. The van der Waals surface area contributed by atoms with Crippen LogP contribution in [0, 0.1) is 11.7 Å². The molecule has 0 radical (unpaired) electrons. The number of aliphatic hydroxyl groups excluding tert-OH is 1. The van der Waals surface area contributed by atoms with Crippen LogP contribution in [0.25, 0.3) is 5.76 Å². The normalized spacial score (nSPS) is 17.7. The smallest absolute Gasteiger partial charge is 0.301 e. The zero-order valence-corrected chi connectivity index (χ0v) is 19.0. The number of anilines is 1. The molecule has 1 aromatic heterocycles. The first-order valence-electron chi connectivity index (χ1n) is 10.6. The molecule has 2 heterocycles. The van der Waals surface area contributed by atoms with E-state index in [4.69, 9.17) is 4.74 Å². The van der Waals surface area contributed by atoms with Gasteiger partial charge in [0.15, 0.2) is 5.13 Å². The molecule has 1 amide bonds. The van der Waals surface area contributed by atoms with E-state index in [1.807, 2.05) is 0 Å². The number of rotatable bonds is 7. The number of hydrogen-bond donors (Lipinski definition) is 1. The Kier molecular flexibility index (Phi) is 6.55. The number of carbonyl (C=O) groups excluding carboxylic acids is 2. The number of ether oxygens (including phenoxy) is 1. The summed E-state index contributed by atoms with van der Waals surface area (Å²) in [4.78, 5) is 31.6. The van der Waals surface area contributed by atoms with Crippen molar-refractivity contribution in [3.05, 3.63) is 82.6 Å². The van der Waals surface area contributed by atoms with E-state index in [1.165, 1.54) is 40.5 Å². The van der Waals surface area contributed by atoms with Gasteiger partial charge in [-0.2, -0.15) is 0 Å². The Bertz CT molecular complexity index is 1190. The van der Waals surface area contributed by atoms with Gasteiger partial charge in [-0.1, -0.05) is 26.0 Å². The summed E-state index contributed by atoms with van der Waals surface area (Å²) in [5, 5.41) is 13.1. The van der Waals surface area contributed by atoms with Gasteiger partial charge in [0.25, 0.3) is 5.78 Å². The van der Waals surface area contributed by atoms with Gasteiger partial charge in [-0.3, -0.25) is 14.5 Å². The van der Waals surface area contributed by atoms with E-state index in [9.17, 15) is 19.1 Å². The van der Waals surface area contributed by atoms with Crippen LogP contribution in [0.5, 0.6) is 5.75 Å². The molecule has 8 heteroatoms. The van der Waals surface area contributed by atoms with Crippen molar-refractivity contribution in [2.24, 2.45) is 5.92 Å². The molecule has 1 aliphatic rings. The van der Waals surface area contributed by atoms with Crippen molar-refractivity contribution < 1.29 is 23.8 Å². The Morgan fingerprint density at radius 3 is 2.64 bits per heavy atom. The Morgan fingerprint density at radius 2 is 1.97 bits per heavy atom. The average Bonchev–Trinajstić information content (AvgIpc) is 3.41. The minimum absolute atomic E-state index is 0.0823. The molecule has 4 rings (SSSR count). The fraction of sp³-hybridized carbons (Fsp3) is 0.240. The summed E-state index contributed by atoms with van der Waals surface area (Å²) in [5.74, 6) is -1.38. The van der Waals surface area contributed by atoms with Crippen LogP contribution in [0.4, 0.5) is 9.52 Å². The molecule has 1 atom stereocenters. The lowest BCUT2D eigenvalue weighted by molar-refractivity contribution is -0.132. The van der Waals surface area contributed by atoms with Crippen LogP contribution in [0.15, 0.2) is 65.7 Å². The highest BCUT2D eigenvalue weighted by Crippen LogP contribution is 2.43. The molecule has 0 spiro atoms. The maximum Gasteiger partial charge on any atom is 0.301 e. The fourth-order valence-electron chi connectivity index (χ4n) is 3.63. The molecule has 2 aromatic carbocycles. The standard InChI is InChI=1S/C25H23FN2O4S/c1-15(2)10-12-32-19-5-3-4-17(14-19)21-20(22(29)16-6-8-18(26)9-7-16)23(30)24(31)28(21)25-27-11-13-33-25/h3-9,11,13-15,21,29H,10,12H2,1-2H3/b22-20+. The number of Topliss-reactive ketones (excluding diaryl/α,β-unsaturated/α-hetero) is 1. The van der Waals surface area contributed by atoms with Crippen LogP contribution in [0.3, 0.4) is 0 Å². The Morgan fingerprint density at radius 1 is 1.21 bits per heavy atom. The number of hydrogen-bond acceptors (Lipinski definition) is 6. The molecule has 170 valence electrons. The number of halogens is 1. The lowest BCUT2D eigenvalue weighted by atomic mass is 9.95. The Labute approximate surface area is 195 Å². The molecule has 0 aliphatic carbocycles. The maximum atomic E-state index is 13.4. The predicted octanol–water partition coefficient (Wildman–Crippen LogP) is 5.33. The van der Waals surface area contributed by atoms with Gasteiger partial charge in [-0.05, 0) is 54.3 Å². The number of ketones is 1. The summed E-state index contributed by atoms with van der Waals surface area (Å²) < 4.78 is 19.3. The molecule has 0 bridgehead atoms. The number of benzene rings is 2. The summed E-state index contributed by atoms with van der Waals surface area (Å²) in [6.07, 6.45) is 2.42. The van der Waals surface area contributed by atoms with E-state index >= 15 is 0 Å². The molecular weight excluding hydrogens is 443 g/mol. The predicted molar refractivity (Wildman–Crippen MR) is 125 cm³/mol. The Balaban J connectivity index is 1.81. The van der Waals surface area contributed by atoms with Crippen LogP contribution >= 0.6 is 11.3 Å². The quantitative estimate of drug-likeness (QED) is 0.289. The Hall–Kier alpha value is -3.52. The monoisotopic (exact) mass is 466 g/mol. The van der Waals surface area contributed by atoms with Crippen LogP contribution < -0.4 is 9.64 Å². The van der Waals surface area contributed by atoms with E-state index in [-0.39, 0.29) is 16.9 Å². The average molecular weight is 467 g/mol. The van der Waals surface area contributed by atoms with Crippen LogP contribution in [0.2, 0.25) is 0 Å². The van der Waals surface area contributed by atoms with Crippen LogP contribution in [0.1, 0.15) is 37.4 Å². The summed E-state index contributed by atoms with van der Waals surface area (Å²) in [6.45, 7) is 4.75. The molecule has 33 heavy (non-hydrogen) atoms. The highest BCUT2D eigenvalue weighted by atomic mass is 32.1. The third-order valence-corrected chi connectivity index (χ3v) is 6.10. The first kappa shape index (κ1) is 22.7. The summed E-state index contributed by atoms with van der Waals surface area (Å²) >= 11 is 1.21. The first-order chi connectivity index (χ1) is 15.9. The SMILES string of the molecule is CC(C)CCOc1cccc(C2/C(=C(\O)c3ccc(F)cc3)C(=O)C(=O)N2c2nccs2)c1. The van der Waals surface area contributed by atoms with Gasteiger partial charge < -0.3 is 9.84 Å². The molecule has 1 N–H and O–H groups in total. The zero-order chi connectivity index (χ0) is 23.5. The molecular formula is C25H23FN2O4S. The van der Waals surface area contributed by atoms with E-state index in [0.717, 1.165) is 6.42 Å². The second-order valence-corrected chi connectivity index (χ2v) is 8.97. The van der Waals surface area contributed by atoms with Gasteiger partial charge in [-0.25, -0.2) is 9.37 Å².